The highest BCUT2D eigenvalue weighted by Gasteiger charge is 2.33. The fraction of sp³-hybridized carbons (Fsp3) is 0.529. The number of fused-ring (bicyclic) bond motifs is 1. The van der Waals surface area contributed by atoms with E-state index in [-0.39, 0.29) is 17.4 Å². The SMILES string of the molecule is Cn1cnc2cccc(C(=O)N3CCO[C@@H](C(C)(C)C)C3)c21. The van der Waals surface area contributed by atoms with Crippen molar-refractivity contribution in [3.05, 3.63) is 30.1 Å². The van der Waals surface area contributed by atoms with Crippen LogP contribution < -0.4 is 0 Å². The molecule has 2 heterocycles. The summed E-state index contributed by atoms with van der Waals surface area (Å²) in [5.41, 5.74) is 2.49. The van der Waals surface area contributed by atoms with Gasteiger partial charge in [-0.3, -0.25) is 4.79 Å². The summed E-state index contributed by atoms with van der Waals surface area (Å²) in [6.07, 6.45) is 1.81. The second-order valence-electron chi connectivity index (χ2n) is 7.01. The second kappa shape index (κ2) is 5.39. The molecule has 5 heteroatoms. The molecule has 22 heavy (non-hydrogen) atoms. The maximum absolute atomic E-state index is 13.0. The zero-order chi connectivity index (χ0) is 15.9. The fourth-order valence-electron chi connectivity index (χ4n) is 2.91. The molecule has 0 unspecified atom stereocenters. The molecule has 1 aliphatic rings. The summed E-state index contributed by atoms with van der Waals surface area (Å²) in [4.78, 5) is 19.2. The van der Waals surface area contributed by atoms with E-state index in [1.54, 1.807) is 6.33 Å². The summed E-state index contributed by atoms with van der Waals surface area (Å²) in [6, 6.07) is 5.71. The van der Waals surface area contributed by atoms with Crippen molar-refractivity contribution >= 4 is 16.9 Å². The Bertz CT molecular complexity index is 699. The summed E-state index contributed by atoms with van der Waals surface area (Å²) in [5, 5.41) is 0. The van der Waals surface area contributed by atoms with Crippen LogP contribution in [0.5, 0.6) is 0 Å². The fourth-order valence-corrected chi connectivity index (χ4v) is 2.91. The standard InChI is InChI=1S/C17H23N3O2/c1-17(2,3)14-10-20(8-9-22-14)16(21)12-6-5-7-13-15(12)19(4)11-18-13/h5-7,11,14H,8-10H2,1-4H3/t14-/m1/s1. The van der Waals surface area contributed by atoms with Crippen molar-refractivity contribution in [2.75, 3.05) is 19.7 Å². The molecule has 1 atom stereocenters. The first-order valence-corrected chi connectivity index (χ1v) is 7.69. The second-order valence-corrected chi connectivity index (χ2v) is 7.01. The largest absolute Gasteiger partial charge is 0.374 e. The van der Waals surface area contributed by atoms with Gasteiger partial charge in [0.05, 0.1) is 35.6 Å². The van der Waals surface area contributed by atoms with Gasteiger partial charge in [-0.05, 0) is 17.5 Å². The van der Waals surface area contributed by atoms with Gasteiger partial charge in [0.2, 0.25) is 0 Å². The van der Waals surface area contributed by atoms with Gasteiger partial charge in [0.1, 0.15) is 0 Å². The number of rotatable bonds is 1. The van der Waals surface area contributed by atoms with Crippen molar-refractivity contribution in [3.63, 3.8) is 0 Å². The Labute approximate surface area is 130 Å². The zero-order valence-corrected chi connectivity index (χ0v) is 13.7. The first-order valence-electron chi connectivity index (χ1n) is 7.69. The molecule has 118 valence electrons. The Morgan fingerprint density at radius 1 is 1.36 bits per heavy atom. The van der Waals surface area contributed by atoms with Crippen molar-refractivity contribution in [1.29, 1.82) is 0 Å². The molecule has 1 amide bonds. The van der Waals surface area contributed by atoms with E-state index in [1.165, 1.54) is 0 Å². The molecule has 2 aromatic rings. The van der Waals surface area contributed by atoms with Gasteiger partial charge in [0.25, 0.3) is 5.91 Å². The highest BCUT2D eigenvalue weighted by molar-refractivity contribution is 6.05. The van der Waals surface area contributed by atoms with Gasteiger partial charge in [0, 0.05) is 20.1 Å². The lowest BCUT2D eigenvalue weighted by Crippen LogP contribution is -2.50. The molecule has 1 fully saturated rings. The third-order valence-electron chi connectivity index (χ3n) is 4.29. The number of para-hydroxylation sites is 1. The molecule has 0 spiro atoms. The quantitative estimate of drug-likeness (QED) is 0.813. The Kier molecular flexibility index (Phi) is 3.68. The molecule has 0 saturated carbocycles. The highest BCUT2D eigenvalue weighted by atomic mass is 16.5. The van der Waals surface area contributed by atoms with Crippen molar-refractivity contribution in [2.24, 2.45) is 12.5 Å². The smallest absolute Gasteiger partial charge is 0.256 e. The molecule has 0 N–H and O–H groups in total. The lowest BCUT2D eigenvalue weighted by Gasteiger charge is -2.39. The number of hydrogen-bond acceptors (Lipinski definition) is 3. The number of benzene rings is 1. The Hall–Kier alpha value is -1.88. The molecule has 5 nitrogen and oxygen atoms in total. The summed E-state index contributed by atoms with van der Waals surface area (Å²) in [7, 11) is 1.92. The molecular weight excluding hydrogens is 278 g/mol. The van der Waals surface area contributed by atoms with Crippen LogP contribution in [0.3, 0.4) is 0 Å². The van der Waals surface area contributed by atoms with E-state index in [4.69, 9.17) is 4.74 Å². The first kappa shape index (κ1) is 15.0. The molecule has 1 aliphatic heterocycles. The maximum Gasteiger partial charge on any atom is 0.256 e. The predicted octanol–water partition coefficient (Wildman–Crippen LogP) is 2.46. The van der Waals surface area contributed by atoms with Crippen LogP contribution in [0.2, 0.25) is 0 Å². The van der Waals surface area contributed by atoms with Crippen molar-refractivity contribution in [2.45, 2.75) is 26.9 Å². The lowest BCUT2D eigenvalue weighted by atomic mass is 9.88. The van der Waals surface area contributed by atoms with Gasteiger partial charge in [-0.25, -0.2) is 4.98 Å². The average molecular weight is 301 g/mol. The minimum absolute atomic E-state index is 0.0253. The lowest BCUT2D eigenvalue weighted by molar-refractivity contribution is -0.0706. The molecule has 3 rings (SSSR count). The van der Waals surface area contributed by atoms with Gasteiger partial charge in [0.15, 0.2) is 0 Å². The van der Waals surface area contributed by atoms with Crippen LogP contribution in [0.1, 0.15) is 31.1 Å². The van der Waals surface area contributed by atoms with E-state index in [1.807, 2.05) is 34.7 Å². The van der Waals surface area contributed by atoms with Crippen LogP contribution in [0.4, 0.5) is 0 Å². The molecule has 0 radical (unpaired) electrons. The van der Waals surface area contributed by atoms with Gasteiger partial charge in [-0.1, -0.05) is 26.8 Å². The van der Waals surface area contributed by atoms with Crippen LogP contribution in [0.15, 0.2) is 24.5 Å². The molecule has 0 aliphatic carbocycles. The van der Waals surface area contributed by atoms with E-state index >= 15 is 0 Å². The normalized spacial score (nSPS) is 19.6. The van der Waals surface area contributed by atoms with E-state index in [0.717, 1.165) is 11.0 Å². The number of aryl methyl sites for hydroxylation is 1. The van der Waals surface area contributed by atoms with E-state index in [2.05, 4.69) is 25.8 Å². The topological polar surface area (TPSA) is 47.4 Å². The van der Waals surface area contributed by atoms with Crippen LogP contribution in [-0.2, 0) is 11.8 Å². The predicted molar refractivity (Wildman–Crippen MR) is 85.8 cm³/mol. The molecule has 1 aromatic carbocycles. The highest BCUT2D eigenvalue weighted by Crippen LogP contribution is 2.27. The number of nitrogens with zero attached hydrogens (tertiary/aromatic N) is 3. The average Bonchev–Trinajstić information content (AvgIpc) is 2.87. The number of hydrogen-bond donors (Lipinski definition) is 0. The summed E-state index contributed by atoms with van der Waals surface area (Å²) >= 11 is 0. The van der Waals surface area contributed by atoms with Gasteiger partial charge >= 0.3 is 0 Å². The summed E-state index contributed by atoms with van der Waals surface area (Å²) in [6.45, 7) is 8.31. The third-order valence-corrected chi connectivity index (χ3v) is 4.29. The zero-order valence-electron chi connectivity index (χ0n) is 13.7. The Morgan fingerprint density at radius 3 is 2.86 bits per heavy atom. The van der Waals surface area contributed by atoms with Gasteiger partial charge < -0.3 is 14.2 Å². The van der Waals surface area contributed by atoms with Crippen LogP contribution in [0, 0.1) is 5.41 Å². The van der Waals surface area contributed by atoms with Crippen molar-refractivity contribution in [1.82, 2.24) is 14.5 Å². The monoisotopic (exact) mass is 301 g/mol. The third kappa shape index (κ3) is 2.61. The van der Waals surface area contributed by atoms with E-state index in [9.17, 15) is 4.79 Å². The number of carbonyl (C=O) groups is 1. The summed E-state index contributed by atoms with van der Waals surface area (Å²) in [5.74, 6) is 0.0618. The molecule has 1 saturated heterocycles. The Balaban J connectivity index is 1.91. The van der Waals surface area contributed by atoms with Gasteiger partial charge in [-0.15, -0.1) is 0 Å². The number of morpholine rings is 1. The Morgan fingerprint density at radius 2 is 2.14 bits per heavy atom. The number of aromatic nitrogens is 2. The summed E-state index contributed by atoms with van der Waals surface area (Å²) < 4.78 is 7.75. The minimum Gasteiger partial charge on any atom is -0.374 e. The number of amides is 1. The number of ether oxygens (including phenoxy) is 1. The van der Waals surface area contributed by atoms with Gasteiger partial charge in [-0.2, -0.15) is 0 Å². The molecule has 1 aromatic heterocycles. The van der Waals surface area contributed by atoms with Crippen LogP contribution >= 0.6 is 0 Å². The van der Waals surface area contributed by atoms with E-state index in [0.29, 0.717) is 25.3 Å². The van der Waals surface area contributed by atoms with Crippen LogP contribution in [0.25, 0.3) is 11.0 Å². The van der Waals surface area contributed by atoms with E-state index < -0.39 is 0 Å². The van der Waals surface area contributed by atoms with Crippen molar-refractivity contribution in [3.8, 4) is 0 Å². The molecule has 0 bridgehead atoms. The molecular formula is C17H23N3O2. The van der Waals surface area contributed by atoms with Crippen LogP contribution in [-0.4, -0.2) is 46.2 Å². The maximum atomic E-state index is 13.0. The minimum atomic E-state index is 0.0253. The number of imidazole rings is 1. The van der Waals surface area contributed by atoms with Crippen molar-refractivity contribution < 1.29 is 9.53 Å². The first-order chi connectivity index (χ1) is 10.4. The number of carbonyl (C=O) groups excluding carboxylic acids is 1.